The number of hydrazine groups is 1. The summed E-state index contributed by atoms with van der Waals surface area (Å²) in [5.74, 6) is 0.633. The lowest BCUT2D eigenvalue weighted by Crippen LogP contribution is -2.68. The van der Waals surface area contributed by atoms with Crippen LogP contribution in [0.1, 0.15) is 6.92 Å². The Morgan fingerprint density at radius 3 is 3.05 bits per heavy atom. The molecule has 0 bridgehead atoms. The average molecular weight is 348 g/mol. The molecular formula is C11H16N4O3S3. The van der Waals surface area contributed by atoms with Crippen LogP contribution in [0.2, 0.25) is 0 Å². The Morgan fingerprint density at radius 2 is 2.43 bits per heavy atom. The van der Waals surface area contributed by atoms with Crippen molar-refractivity contribution in [2.75, 3.05) is 17.4 Å². The minimum Gasteiger partial charge on any atom is -0.477 e. The molecule has 3 atom stereocenters. The van der Waals surface area contributed by atoms with Crippen LogP contribution in [-0.4, -0.2) is 54.9 Å². The summed E-state index contributed by atoms with van der Waals surface area (Å²) >= 11 is 4.89. The van der Waals surface area contributed by atoms with Gasteiger partial charge < -0.3 is 10.8 Å². The standard InChI is InChI=1S/C11H16N4O3S3/c1-11(14-13-4-21-11)20-3-5-2-19-9-6(12)8(16)15(9)7(5)10(17)18/h6,9,13-14H,2-4,12H2,1H3,(H,17,18). The number of carbonyl (C=O) groups is 2. The average Bonchev–Trinajstić information content (AvgIpc) is 2.90. The van der Waals surface area contributed by atoms with Crippen molar-refractivity contribution < 1.29 is 14.7 Å². The van der Waals surface area contributed by atoms with Gasteiger partial charge in [0.05, 0.1) is 5.88 Å². The van der Waals surface area contributed by atoms with Gasteiger partial charge in [0.25, 0.3) is 0 Å². The molecule has 2 saturated heterocycles. The summed E-state index contributed by atoms with van der Waals surface area (Å²) in [5.41, 5.74) is 12.8. The Bertz CT molecular complexity index is 521. The predicted molar refractivity (Wildman–Crippen MR) is 85.3 cm³/mol. The fourth-order valence-corrected chi connectivity index (χ4v) is 5.91. The van der Waals surface area contributed by atoms with Crippen molar-refractivity contribution >= 4 is 47.2 Å². The number of nitrogens with two attached hydrogens (primary N) is 1. The Hall–Kier alpha value is -0.390. The second kappa shape index (κ2) is 5.67. The fourth-order valence-electron chi connectivity index (χ4n) is 2.40. The topological polar surface area (TPSA) is 108 Å². The van der Waals surface area contributed by atoms with Crippen molar-refractivity contribution in [2.45, 2.75) is 22.5 Å². The number of hydrogen-bond donors (Lipinski definition) is 4. The van der Waals surface area contributed by atoms with Gasteiger partial charge in [0.15, 0.2) is 0 Å². The smallest absolute Gasteiger partial charge is 0.352 e. The highest BCUT2D eigenvalue weighted by atomic mass is 32.2. The van der Waals surface area contributed by atoms with Crippen molar-refractivity contribution in [3.8, 4) is 0 Å². The summed E-state index contributed by atoms with van der Waals surface area (Å²) < 4.78 is -0.187. The third-order valence-electron chi connectivity index (χ3n) is 3.55. The molecule has 21 heavy (non-hydrogen) atoms. The number of fused-ring (bicyclic) bond motifs is 1. The molecule has 116 valence electrons. The van der Waals surface area contributed by atoms with Crippen molar-refractivity contribution in [3.63, 3.8) is 0 Å². The highest BCUT2D eigenvalue weighted by molar-refractivity contribution is 8.18. The van der Waals surface area contributed by atoms with Gasteiger partial charge in [-0.25, -0.2) is 15.6 Å². The van der Waals surface area contributed by atoms with Crippen LogP contribution in [0.15, 0.2) is 11.3 Å². The molecule has 2 fully saturated rings. The molecule has 3 unspecified atom stereocenters. The zero-order chi connectivity index (χ0) is 15.2. The third-order valence-corrected chi connectivity index (χ3v) is 7.70. The van der Waals surface area contributed by atoms with Crippen LogP contribution in [-0.2, 0) is 9.59 Å². The Morgan fingerprint density at radius 1 is 1.67 bits per heavy atom. The lowest BCUT2D eigenvalue weighted by Gasteiger charge is -2.48. The maximum atomic E-state index is 11.8. The van der Waals surface area contributed by atoms with E-state index in [2.05, 4.69) is 10.9 Å². The first kappa shape index (κ1) is 15.5. The van der Waals surface area contributed by atoms with E-state index in [4.69, 9.17) is 5.73 Å². The van der Waals surface area contributed by atoms with Gasteiger partial charge in [-0.2, -0.15) is 0 Å². The maximum Gasteiger partial charge on any atom is 0.352 e. The highest BCUT2D eigenvalue weighted by Gasteiger charge is 2.51. The van der Waals surface area contributed by atoms with Gasteiger partial charge in [-0.15, -0.1) is 35.3 Å². The first-order valence-corrected chi connectivity index (χ1v) is 9.38. The second-order valence-electron chi connectivity index (χ2n) is 5.02. The third kappa shape index (κ3) is 2.68. The van der Waals surface area contributed by atoms with Crippen LogP contribution in [0, 0.1) is 0 Å². The quantitative estimate of drug-likeness (QED) is 0.513. The van der Waals surface area contributed by atoms with E-state index in [9.17, 15) is 14.7 Å². The van der Waals surface area contributed by atoms with Crippen LogP contribution in [0.3, 0.4) is 0 Å². The van der Waals surface area contributed by atoms with Crippen LogP contribution < -0.4 is 16.6 Å². The number of nitrogens with one attached hydrogen (secondary N) is 2. The maximum absolute atomic E-state index is 11.8. The van der Waals surface area contributed by atoms with Crippen molar-refractivity contribution in [1.29, 1.82) is 0 Å². The summed E-state index contributed by atoms with van der Waals surface area (Å²) in [6.07, 6.45) is 0. The minimum absolute atomic E-state index is 0.123. The summed E-state index contributed by atoms with van der Waals surface area (Å²) in [6.45, 7) is 2.05. The Balaban J connectivity index is 1.78. The summed E-state index contributed by atoms with van der Waals surface area (Å²) in [4.78, 5) is 24.7. The summed E-state index contributed by atoms with van der Waals surface area (Å²) in [6, 6.07) is -0.577. The molecule has 3 rings (SSSR count). The predicted octanol–water partition coefficient (Wildman–Crippen LogP) is -0.227. The van der Waals surface area contributed by atoms with Crippen LogP contribution in [0.4, 0.5) is 0 Å². The van der Waals surface area contributed by atoms with E-state index in [-0.39, 0.29) is 21.2 Å². The number of amides is 1. The van der Waals surface area contributed by atoms with Crippen molar-refractivity contribution in [2.24, 2.45) is 5.73 Å². The second-order valence-corrected chi connectivity index (χ2v) is 9.17. The number of hydrogen-bond acceptors (Lipinski definition) is 8. The fraction of sp³-hybridized carbons (Fsp3) is 0.636. The van der Waals surface area contributed by atoms with Gasteiger partial charge >= 0.3 is 5.97 Å². The van der Waals surface area contributed by atoms with Crippen molar-refractivity contribution in [1.82, 2.24) is 15.8 Å². The number of aliphatic carboxylic acids is 1. The molecule has 10 heteroatoms. The molecular weight excluding hydrogens is 332 g/mol. The number of β-lactam (4-membered cyclic amide) rings is 1. The van der Waals surface area contributed by atoms with Gasteiger partial charge in [-0.1, -0.05) is 0 Å². The molecule has 0 aromatic heterocycles. The number of nitrogens with zero attached hydrogens (tertiary/aromatic N) is 1. The van der Waals surface area contributed by atoms with E-state index in [0.717, 1.165) is 11.4 Å². The van der Waals surface area contributed by atoms with E-state index in [1.165, 1.54) is 16.7 Å². The first-order valence-electron chi connectivity index (χ1n) is 6.36. The zero-order valence-corrected chi connectivity index (χ0v) is 13.7. The molecule has 0 aliphatic carbocycles. The molecule has 0 saturated carbocycles. The molecule has 3 heterocycles. The van der Waals surface area contributed by atoms with E-state index >= 15 is 0 Å². The van der Waals surface area contributed by atoms with Gasteiger partial charge in [-0.05, 0) is 12.5 Å². The normalized spacial score (nSPS) is 35.7. The van der Waals surface area contributed by atoms with Gasteiger partial charge in [0, 0.05) is 11.5 Å². The van der Waals surface area contributed by atoms with E-state index in [0.29, 0.717) is 11.5 Å². The monoisotopic (exact) mass is 348 g/mol. The SMILES string of the molecule is CC1(SCC2=C(C(=O)O)N3C(=O)C(N)C3SC2)NNCS1. The molecule has 3 aliphatic rings. The van der Waals surface area contributed by atoms with Gasteiger partial charge in [0.2, 0.25) is 5.91 Å². The highest BCUT2D eigenvalue weighted by Crippen LogP contribution is 2.43. The number of carboxylic acid groups (broad SMARTS) is 1. The lowest BCUT2D eigenvalue weighted by atomic mass is 10.0. The number of carbonyl (C=O) groups excluding carboxylic acids is 1. The summed E-state index contributed by atoms with van der Waals surface area (Å²) in [7, 11) is 0. The lowest BCUT2D eigenvalue weighted by molar-refractivity contribution is -0.147. The molecule has 3 aliphatic heterocycles. The van der Waals surface area contributed by atoms with Crippen molar-refractivity contribution in [3.05, 3.63) is 11.3 Å². The molecule has 0 aromatic carbocycles. The van der Waals surface area contributed by atoms with Crippen LogP contribution in [0.25, 0.3) is 0 Å². The zero-order valence-electron chi connectivity index (χ0n) is 11.3. The number of thioether (sulfide) groups is 3. The minimum atomic E-state index is -1.05. The van der Waals surface area contributed by atoms with Crippen LogP contribution in [0.5, 0.6) is 0 Å². The summed E-state index contributed by atoms with van der Waals surface area (Å²) in [5, 5.41) is 9.22. The number of rotatable bonds is 4. The molecule has 1 amide bonds. The molecule has 0 spiro atoms. The van der Waals surface area contributed by atoms with E-state index in [1.54, 1.807) is 23.5 Å². The molecule has 7 nitrogen and oxygen atoms in total. The van der Waals surface area contributed by atoms with Crippen LogP contribution >= 0.6 is 35.3 Å². The Kier molecular flexibility index (Phi) is 4.19. The molecule has 0 radical (unpaired) electrons. The Labute approximate surface area is 134 Å². The van der Waals surface area contributed by atoms with E-state index in [1.807, 2.05) is 6.92 Å². The molecule has 0 aromatic rings. The van der Waals surface area contributed by atoms with E-state index < -0.39 is 12.0 Å². The largest absolute Gasteiger partial charge is 0.477 e. The molecule has 5 N–H and O–H groups in total. The first-order chi connectivity index (χ1) is 9.93. The van der Waals surface area contributed by atoms with Gasteiger partial charge in [0.1, 0.15) is 21.3 Å². The van der Waals surface area contributed by atoms with Gasteiger partial charge in [-0.3, -0.25) is 9.69 Å². The number of carboxylic acids is 1.